The summed E-state index contributed by atoms with van der Waals surface area (Å²) in [6.45, 7) is 1.81. The van der Waals surface area contributed by atoms with E-state index in [4.69, 9.17) is 13.9 Å². The van der Waals surface area contributed by atoms with Crippen molar-refractivity contribution in [1.29, 1.82) is 0 Å². The summed E-state index contributed by atoms with van der Waals surface area (Å²) >= 11 is 0. The van der Waals surface area contributed by atoms with Crippen molar-refractivity contribution in [3.63, 3.8) is 0 Å². The fourth-order valence-corrected chi connectivity index (χ4v) is 3.51. The summed E-state index contributed by atoms with van der Waals surface area (Å²) in [6.07, 6.45) is 0.180. The van der Waals surface area contributed by atoms with Gasteiger partial charge in [-0.25, -0.2) is 9.18 Å². The molecular weight excluding hydrogens is 393 g/mol. The number of furan rings is 1. The summed E-state index contributed by atoms with van der Waals surface area (Å²) in [6, 6.07) is 11.2. The van der Waals surface area contributed by atoms with Gasteiger partial charge in [-0.3, -0.25) is 4.79 Å². The smallest absolute Gasteiger partial charge is 0.331 e. The van der Waals surface area contributed by atoms with Gasteiger partial charge in [0.25, 0.3) is 5.91 Å². The van der Waals surface area contributed by atoms with Gasteiger partial charge in [0.05, 0.1) is 12.2 Å². The largest absolute Gasteiger partial charge is 0.489 e. The number of fused-ring (bicyclic) bond motifs is 1. The average Bonchev–Trinajstić information content (AvgIpc) is 3.31. The van der Waals surface area contributed by atoms with Crippen LogP contribution in [0.5, 0.6) is 5.75 Å². The summed E-state index contributed by atoms with van der Waals surface area (Å²) in [4.78, 5) is 24.7. The van der Waals surface area contributed by atoms with Crippen LogP contribution in [0.25, 0.3) is 11.0 Å². The lowest BCUT2D eigenvalue weighted by Gasteiger charge is -2.23. The molecule has 1 amide bonds. The molecule has 0 saturated carbocycles. The molecule has 0 radical (unpaired) electrons. The molecule has 156 valence electrons. The van der Waals surface area contributed by atoms with Crippen molar-refractivity contribution in [2.45, 2.75) is 25.5 Å². The monoisotopic (exact) mass is 413 g/mol. The highest BCUT2D eigenvalue weighted by Crippen LogP contribution is 2.30. The topological polar surface area (TPSA) is 98.0 Å². The minimum atomic E-state index is -1.47. The first kappa shape index (κ1) is 19.9. The lowest BCUT2D eigenvalue weighted by atomic mass is 9.98. The van der Waals surface area contributed by atoms with Gasteiger partial charge in [0.2, 0.25) is 0 Å². The zero-order chi connectivity index (χ0) is 21.3. The number of carboxylic acids is 1. The van der Waals surface area contributed by atoms with Gasteiger partial charge >= 0.3 is 5.97 Å². The van der Waals surface area contributed by atoms with E-state index in [1.807, 2.05) is 0 Å². The van der Waals surface area contributed by atoms with E-state index in [0.717, 1.165) is 0 Å². The number of halogens is 1. The summed E-state index contributed by atoms with van der Waals surface area (Å²) < 4.78 is 30.3. The lowest BCUT2D eigenvalue weighted by Crippen LogP contribution is -2.55. The van der Waals surface area contributed by atoms with Crippen molar-refractivity contribution >= 4 is 22.8 Å². The summed E-state index contributed by atoms with van der Waals surface area (Å²) in [5.41, 5.74) is -0.369. The molecule has 4 rings (SSSR count). The maximum Gasteiger partial charge on any atom is 0.331 e. The molecule has 0 spiro atoms. The quantitative estimate of drug-likeness (QED) is 0.643. The molecule has 2 aromatic carbocycles. The first-order valence-corrected chi connectivity index (χ1v) is 9.43. The van der Waals surface area contributed by atoms with Crippen molar-refractivity contribution in [2.24, 2.45) is 0 Å². The molecule has 1 aromatic heterocycles. The molecule has 0 aliphatic carbocycles. The third-order valence-electron chi connectivity index (χ3n) is 5.20. The Balaban J connectivity index is 1.61. The highest BCUT2D eigenvalue weighted by atomic mass is 19.1. The highest BCUT2D eigenvalue weighted by molar-refractivity contribution is 6.09. The molecule has 0 bridgehead atoms. The van der Waals surface area contributed by atoms with Gasteiger partial charge in [0.15, 0.2) is 5.54 Å². The molecule has 2 N–H and O–H groups in total. The molecule has 30 heavy (non-hydrogen) atoms. The van der Waals surface area contributed by atoms with E-state index in [1.54, 1.807) is 43.3 Å². The van der Waals surface area contributed by atoms with Crippen LogP contribution < -0.4 is 10.1 Å². The average molecular weight is 413 g/mol. The van der Waals surface area contributed by atoms with Crippen LogP contribution in [0.15, 0.2) is 46.9 Å². The maximum absolute atomic E-state index is 13.8. The van der Waals surface area contributed by atoms with Crippen LogP contribution >= 0.6 is 0 Å². The Morgan fingerprint density at radius 3 is 2.77 bits per heavy atom. The third-order valence-corrected chi connectivity index (χ3v) is 5.20. The van der Waals surface area contributed by atoms with Crippen LogP contribution in [-0.4, -0.2) is 35.7 Å². The molecule has 1 unspecified atom stereocenters. The van der Waals surface area contributed by atoms with Gasteiger partial charge in [0.1, 0.15) is 29.5 Å². The Morgan fingerprint density at radius 1 is 1.27 bits per heavy atom. The molecule has 1 saturated heterocycles. The first-order chi connectivity index (χ1) is 14.4. The van der Waals surface area contributed by atoms with Crippen molar-refractivity contribution in [2.75, 3.05) is 13.2 Å². The van der Waals surface area contributed by atoms with Crippen LogP contribution in [0.2, 0.25) is 0 Å². The number of nitrogens with one attached hydrogen (secondary N) is 1. The second-order valence-electron chi connectivity index (χ2n) is 7.22. The Bertz CT molecular complexity index is 1120. The molecule has 1 atom stereocenters. The Labute approximate surface area is 171 Å². The molecular formula is C22H20FNO6. The van der Waals surface area contributed by atoms with Gasteiger partial charge in [-0.1, -0.05) is 18.2 Å². The van der Waals surface area contributed by atoms with Crippen LogP contribution in [-0.2, 0) is 16.1 Å². The van der Waals surface area contributed by atoms with E-state index in [-0.39, 0.29) is 37.6 Å². The number of hydrogen-bond acceptors (Lipinski definition) is 5. The molecule has 1 aliphatic rings. The number of benzene rings is 2. The number of ether oxygens (including phenoxy) is 2. The number of amides is 1. The number of carbonyl (C=O) groups excluding carboxylic acids is 1. The fraction of sp³-hybridized carbons (Fsp3) is 0.273. The van der Waals surface area contributed by atoms with E-state index < -0.39 is 17.4 Å². The van der Waals surface area contributed by atoms with Gasteiger partial charge in [-0.15, -0.1) is 0 Å². The molecule has 2 heterocycles. The molecule has 1 fully saturated rings. The SMILES string of the molecule is Cc1oc2ccc(OCc3ccccc3F)cc2c1C(=O)NC1(C(=O)O)CCOC1. The normalized spacial score (nSPS) is 18.5. The zero-order valence-electron chi connectivity index (χ0n) is 16.2. The van der Waals surface area contributed by atoms with Crippen molar-refractivity contribution in [3.8, 4) is 5.75 Å². The van der Waals surface area contributed by atoms with E-state index >= 15 is 0 Å². The van der Waals surface area contributed by atoms with Crippen LogP contribution in [0, 0.1) is 12.7 Å². The predicted molar refractivity (Wildman–Crippen MR) is 105 cm³/mol. The van der Waals surface area contributed by atoms with Gasteiger partial charge in [0, 0.05) is 24.0 Å². The van der Waals surface area contributed by atoms with E-state index in [1.165, 1.54) is 6.07 Å². The van der Waals surface area contributed by atoms with Gasteiger partial charge in [-0.05, 0) is 31.2 Å². The lowest BCUT2D eigenvalue weighted by molar-refractivity contribution is -0.144. The van der Waals surface area contributed by atoms with Crippen molar-refractivity contribution < 1.29 is 33.0 Å². The van der Waals surface area contributed by atoms with Gasteiger partial charge in [-0.2, -0.15) is 0 Å². The molecule has 3 aromatic rings. The summed E-state index contributed by atoms with van der Waals surface area (Å²) in [5, 5.41) is 12.6. The summed E-state index contributed by atoms with van der Waals surface area (Å²) in [7, 11) is 0. The molecule has 1 aliphatic heterocycles. The minimum Gasteiger partial charge on any atom is -0.489 e. The fourth-order valence-electron chi connectivity index (χ4n) is 3.51. The van der Waals surface area contributed by atoms with Crippen molar-refractivity contribution in [1.82, 2.24) is 5.32 Å². The number of aliphatic carboxylic acids is 1. The Kier molecular flexibility index (Phi) is 5.17. The number of rotatable bonds is 6. The number of carboxylic acid groups (broad SMARTS) is 1. The minimum absolute atomic E-state index is 0.0238. The Morgan fingerprint density at radius 2 is 2.07 bits per heavy atom. The van der Waals surface area contributed by atoms with Gasteiger partial charge < -0.3 is 24.3 Å². The maximum atomic E-state index is 13.8. The second-order valence-corrected chi connectivity index (χ2v) is 7.22. The molecule has 8 heteroatoms. The second kappa shape index (κ2) is 7.79. The highest BCUT2D eigenvalue weighted by Gasteiger charge is 2.44. The van der Waals surface area contributed by atoms with E-state index in [0.29, 0.717) is 28.0 Å². The summed E-state index contributed by atoms with van der Waals surface area (Å²) in [5.74, 6) is -1.29. The number of carbonyl (C=O) groups is 2. The van der Waals surface area contributed by atoms with Crippen LogP contribution in [0.4, 0.5) is 4.39 Å². The van der Waals surface area contributed by atoms with Crippen LogP contribution in [0.3, 0.4) is 0 Å². The third kappa shape index (κ3) is 3.61. The van der Waals surface area contributed by atoms with E-state index in [9.17, 15) is 19.1 Å². The zero-order valence-corrected chi connectivity index (χ0v) is 16.2. The van der Waals surface area contributed by atoms with E-state index in [2.05, 4.69) is 5.32 Å². The predicted octanol–water partition coefficient (Wildman–Crippen LogP) is 3.43. The molecule has 7 nitrogen and oxygen atoms in total. The standard InChI is InChI=1S/C22H20FNO6/c1-13-19(20(25)24-22(21(26)27)8-9-28-12-22)16-10-15(6-7-18(16)30-13)29-11-14-4-2-3-5-17(14)23/h2-7,10H,8-9,11-12H2,1H3,(H,24,25)(H,26,27). The Hall–Kier alpha value is -3.39. The first-order valence-electron chi connectivity index (χ1n) is 9.43. The van der Waals surface area contributed by atoms with Crippen LogP contribution in [0.1, 0.15) is 28.1 Å². The van der Waals surface area contributed by atoms with Crippen molar-refractivity contribution in [3.05, 3.63) is 65.2 Å². The number of hydrogen-bond donors (Lipinski definition) is 2. The number of aryl methyl sites for hydroxylation is 1.